The minimum absolute atomic E-state index is 0.715. The van der Waals surface area contributed by atoms with E-state index in [1.54, 1.807) is 0 Å². The number of hydrogen-bond donors (Lipinski definition) is 1. The Bertz CT molecular complexity index is 352. The maximum atomic E-state index is 6.16. The van der Waals surface area contributed by atoms with Gasteiger partial charge in [-0.25, -0.2) is 0 Å². The second-order valence-electron chi connectivity index (χ2n) is 4.67. The second-order valence-corrected chi connectivity index (χ2v) is 4.67. The maximum Gasteiger partial charge on any atom is 0.144 e. The normalized spacial score (nSPS) is 10.4. The molecule has 1 rings (SSSR count). The van der Waals surface area contributed by atoms with Gasteiger partial charge >= 0.3 is 0 Å². The predicted octanol–water partition coefficient (Wildman–Crippen LogP) is 3.68. The maximum absolute atomic E-state index is 6.16. The minimum Gasteiger partial charge on any atom is -0.491 e. The number of nitrogens with zero attached hydrogens (tertiary/aromatic N) is 1. The Morgan fingerprint density at radius 3 is 2.61 bits per heavy atom. The lowest BCUT2D eigenvalue weighted by Crippen LogP contribution is -2.20. The van der Waals surface area contributed by atoms with Gasteiger partial charge in [0.1, 0.15) is 5.75 Å². The number of anilines is 2. The highest BCUT2D eigenvalue weighted by Gasteiger charge is 2.09. The summed E-state index contributed by atoms with van der Waals surface area (Å²) >= 11 is 0. The molecule has 18 heavy (non-hydrogen) atoms. The summed E-state index contributed by atoms with van der Waals surface area (Å²) in [4.78, 5) is 2.21. The van der Waals surface area contributed by atoms with Crippen LogP contribution in [-0.4, -0.2) is 20.2 Å². The van der Waals surface area contributed by atoms with Crippen LogP contribution in [0.25, 0.3) is 0 Å². The van der Waals surface area contributed by atoms with Crippen molar-refractivity contribution >= 4 is 11.4 Å². The summed E-state index contributed by atoms with van der Waals surface area (Å²) in [5, 5.41) is 0. The summed E-state index contributed by atoms with van der Waals surface area (Å²) in [6.07, 6.45) is 4.70. The molecule has 3 nitrogen and oxygen atoms in total. The second kappa shape index (κ2) is 7.85. The lowest BCUT2D eigenvalue weighted by molar-refractivity contribution is 0.319. The molecule has 0 saturated heterocycles. The first-order valence-corrected chi connectivity index (χ1v) is 6.93. The Balaban J connectivity index is 2.69. The van der Waals surface area contributed by atoms with Crippen LogP contribution in [0.1, 0.15) is 39.5 Å². The third kappa shape index (κ3) is 4.13. The van der Waals surface area contributed by atoms with Crippen molar-refractivity contribution in [2.45, 2.75) is 39.5 Å². The van der Waals surface area contributed by atoms with Gasteiger partial charge in [-0.2, -0.15) is 0 Å². The van der Waals surface area contributed by atoms with Crippen molar-refractivity contribution in [2.75, 3.05) is 30.8 Å². The van der Waals surface area contributed by atoms with Crippen LogP contribution in [0.2, 0.25) is 0 Å². The van der Waals surface area contributed by atoms with Gasteiger partial charge in [0, 0.05) is 13.6 Å². The molecular formula is C15H26N2O. The van der Waals surface area contributed by atoms with Crippen LogP contribution in [0.4, 0.5) is 11.4 Å². The molecule has 1 aromatic rings. The molecule has 2 N–H and O–H groups in total. The van der Waals surface area contributed by atoms with Crippen LogP contribution < -0.4 is 15.4 Å². The molecule has 0 spiro atoms. The number of para-hydroxylation sites is 1. The molecule has 0 aliphatic rings. The predicted molar refractivity (Wildman–Crippen MR) is 79.4 cm³/mol. The summed E-state index contributed by atoms with van der Waals surface area (Å²) in [5.74, 6) is 0.802. The van der Waals surface area contributed by atoms with Gasteiger partial charge in [0.05, 0.1) is 18.0 Å². The monoisotopic (exact) mass is 250 g/mol. The number of benzene rings is 1. The standard InChI is InChI=1S/C15H26N2O/c1-4-6-7-11-17(3)13-9-8-10-14(15(13)16)18-12-5-2/h8-10H,4-7,11-12,16H2,1-3H3. The van der Waals surface area contributed by atoms with Gasteiger partial charge in [0.25, 0.3) is 0 Å². The molecule has 102 valence electrons. The molecule has 0 aromatic heterocycles. The van der Waals surface area contributed by atoms with Crippen LogP contribution in [-0.2, 0) is 0 Å². The van der Waals surface area contributed by atoms with E-state index in [1.807, 2.05) is 12.1 Å². The van der Waals surface area contributed by atoms with Crippen molar-refractivity contribution in [1.82, 2.24) is 0 Å². The summed E-state index contributed by atoms with van der Waals surface area (Å²) in [7, 11) is 2.09. The molecule has 0 aliphatic carbocycles. The first-order valence-electron chi connectivity index (χ1n) is 6.93. The molecule has 0 heterocycles. The Morgan fingerprint density at radius 1 is 1.17 bits per heavy atom. The average Bonchev–Trinajstić information content (AvgIpc) is 2.37. The van der Waals surface area contributed by atoms with Crippen molar-refractivity contribution in [1.29, 1.82) is 0 Å². The van der Waals surface area contributed by atoms with Crippen LogP contribution >= 0.6 is 0 Å². The molecule has 0 aliphatic heterocycles. The van der Waals surface area contributed by atoms with E-state index >= 15 is 0 Å². The van der Waals surface area contributed by atoms with Crippen LogP contribution in [0.3, 0.4) is 0 Å². The summed E-state index contributed by atoms with van der Waals surface area (Å²) in [6.45, 7) is 6.06. The van der Waals surface area contributed by atoms with E-state index in [-0.39, 0.29) is 0 Å². The number of ether oxygens (including phenoxy) is 1. The zero-order chi connectivity index (χ0) is 13.4. The first-order chi connectivity index (χ1) is 8.70. The third-order valence-corrected chi connectivity index (χ3v) is 3.01. The molecule has 0 amide bonds. The van der Waals surface area contributed by atoms with Crippen molar-refractivity contribution in [3.05, 3.63) is 18.2 Å². The first kappa shape index (κ1) is 14.7. The zero-order valence-corrected chi connectivity index (χ0v) is 11.9. The van der Waals surface area contributed by atoms with Crippen LogP contribution in [0, 0.1) is 0 Å². The topological polar surface area (TPSA) is 38.5 Å². The number of rotatable bonds is 8. The molecule has 0 atom stereocenters. The van der Waals surface area contributed by atoms with Gasteiger partial charge in [-0.3, -0.25) is 0 Å². The number of nitrogens with two attached hydrogens (primary N) is 1. The van der Waals surface area contributed by atoms with E-state index in [0.717, 1.165) is 30.1 Å². The van der Waals surface area contributed by atoms with E-state index in [4.69, 9.17) is 10.5 Å². The number of nitrogen functional groups attached to an aromatic ring is 1. The van der Waals surface area contributed by atoms with Gasteiger partial charge in [0.15, 0.2) is 0 Å². The lowest BCUT2D eigenvalue weighted by atomic mass is 10.2. The van der Waals surface area contributed by atoms with Gasteiger partial charge < -0.3 is 15.4 Å². The molecular weight excluding hydrogens is 224 g/mol. The van der Waals surface area contributed by atoms with E-state index in [1.165, 1.54) is 19.3 Å². The quantitative estimate of drug-likeness (QED) is 0.565. The average molecular weight is 250 g/mol. The fourth-order valence-corrected chi connectivity index (χ4v) is 1.92. The molecule has 0 bridgehead atoms. The Hall–Kier alpha value is -1.38. The molecule has 1 aromatic carbocycles. The smallest absolute Gasteiger partial charge is 0.144 e. The van der Waals surface area contributed by atoms with Gasteiger partial charge in [0.2, 0.25) is 0 Å². The van der Waals surface area contributed by atoms with Gasteiger partial charge in [-0.15, -0.1) is 0 Å². The van der Waals surface area contributed by atoms with Crippen molar-refractivity contribution in [3.63, 3.8) is 0 Å². The van der Waals surface area contributed by atoms with E-state index < -0.39 is 0 Å². The highest BCUT2D eigenvalue weighted by molar-refractivity contribution is 5.73. The van der Waals surface area contributed by atoms with Gasteiger partial charge in [-0.05, 0) is 25.0 Å². The zero-order valence-electron chi connectivity index (χ0n) is 11.9. The number of hydrogen-bond acceptors (Lipinski definition) is 3. The van der Waals surface area contributed by atoms with E-state index in [9.17, 15) is 0 Å². The highest BCUT2D eigenvalue weighted by Crippen LogP contribution is 2.31. The summed E-state index contributed by atoms with van der Waals surface area (Å²) < 4.78 is 5.65. The lowest BCUT2D eigenvalue weighted by Gasteiger charge is -2.22. The largest absolute Gasteiger partial charge is 0.491 e. The van der Waals surface area contributed by atoms with E-state index in [0.29, 0.717) is 6.61 Å². The number of unbranched alkanes of at least 4 members (excludes halogenated alkanes) is 2. The Labute approximate surface area is 111 Å². The Kier molecular flexibility index (Phi) is 6.40. The molecule has 0 unspecified atom stereocenters. The fraction of sp³-hybridized carbons (Fsp3) is 0.600. The summed E-state index contributed by atoms with van der Waals surface area (Å²) in [6, 6.07) is 6.00. The molecule has 0 radical (unpaired) electrons. The molecule has 0 fully saturated rings. The van der Waals surface area contributed by atoms with Crippen LogP contribution in [0.5, 0.6) is 5.75 Å². The Morgan fingerprint density at radius 2 is 1.94 bits per heavy atom. The highest BCUT2D eigenvalue weighted by atomic mass is 16.5. The summed E-state index contributed by atoms with van der Waals surface area (Å²) in [5.41, 5.74) is 7.99. The molecule has 3 heteroatoms. The molecule has 0 saturated carbocycles. The van der Waals surface area contributed by atoms with Crippen molar-refractivity contribution in [3.8, 4) is 5.75 Å². The van der Waals surface area contributed by atoms with Crippen molar-refractivity contribution < 1.29 is 4.74 Å². The fourth-order valence-electron chi connectivity index (χ4n) is 1.92. The van der Waals surface area contributed by atoms with Crippen molar-refractivity contribution in [2.24, 2.45) is 0 Å². The third-order valence-electron chi connectivity index (χ3n) is 3.01. The van der Waals surface area contributed by atoms with E-state index in [2.05, 4.69) is 31.9 Å². The van der Waals surface area contributed by atoms with Gasteiger partial charge in [-0.1, -0.05) is 32.8 Å². The minimum atomic E-state index is 0.715. The van der Waals surface area contributed by atoms with Crippen LogP contribution in [0.15, 0.2) is 18.2 Å². The SMILES string of the molecule is CCCCCN(C)c1cccc(OCCC)c1N.